The van der Waals surface area contributed by atoms with E-state index in [0.717, 1.165) is 21.6 Å². The lowest BCUT2D eigenvalue weighted by molar-refractivity contribution is 1.04. The zero-order valence-corrected chi connectivity index (χ0v) is 11.4. The van der Waals surface area contributed by atoms with E-state index in [-0.39, 0.29) is 0 Å². The molecule has 0 aliphatic rings. The highest BCUT2D eigenvalue weighted by Gasteiger charge is 2.06. The number of hydrogen-bond donors (Lipinski definition) is 1. The van der Waals surface area contributed by atoms with Crippen molar-refractivity contribution in [3.05, 3.63) is 49.9 Å². The molecule has 2 rings (SSSR count). The van der Waals surface area contributed by atoms with Crippen molar-refractivity contribution < 1.29 is 0 Å². The van der Waals surface area contributed by atoms with Gasteiger partial charge in [0.25, 0.3) is 0 Å². The zero-order valence-electron chi connectivity index (χ0n) is 9.03. The van der Waals surface area contributed by atoms with Crippen molar-refractivity contribution >= 4 is 27.3 Å². The minimum Gasteiger partial charge on any atom is -0.326 e. The highest BCUT2D eigenvalue weighted by molar-refractivity contribution is 9.10. The van der Waals surface area contributed by atoms with Gasteiger partial charge in [0.1, 0.15) is 0 Å². The van der Waals surface area contributed by atoms with Gasteiger partial charge in [-0.05, 0) is 24.6 Å². The van der Waals surface area contributed by atoms with Crippen LogP contribution in [0.2, 0.25) is 0 Å². The molecule has 0 atom stereocenters. The SMILES string of the molecule is Cc1nc(Cc2ccc(Br)cc2)sc1CN. The minimum atomic E-state index is 0.587. The van der Waals surface area contributed by atoms with E-state index in [1.807, 2.05) is 6.92 Å². The van der Waals surface area contributed by atoms with Gasteiger partial charge in [-0.15, -0.1) is 11.3 Å². The van der Waals surface area contributed by atoms with Crippen LogP contribution in [0, 0.1) is 6.92 Å². The molecule has 0 unspecified atom stereocenters. The van der Waals surface area contributed by atoms with Crippen molar-refractivity contribution in [2.75, 3.05) is 0 Å². The number of rotatable bonds is 3. The summed E-state index contributed by atoms with van der Waals surface area (Å²) < 4.78 is 1.11. The Labute approximate surface area is 108 Å². The molecule has 1 heterocycles. The molecule has 1 aromatic heterocycles. The number of hydrogen-bond acceptors (Lipinski definition) is 3. The van der Waals surface area contributed by atoms with Crippen LogP contribution in [0.25, 0.3) is 0 Å². The summed E-state index contributed by atoms with van der Waals surface area (Å²) in [6, 6.07) is 8.34. The summed E-state index contributed by atoms with van der Waals surface area (Å²) in [6.07, 6.45) is 0.888. The lowest BCUT2D eigenvalue weighted by Gasteiger charge is -1.97. The van der Waals surface area contributed by atoms with E-state index >= 15 is 0 Å². The minimum absolute atomic E-state index is 0.587. The van der Waals surface area contributed by atoms with Crippen molar-refractivity contribution in [2.24, 2.45) is 5.73 Å². The Balaban J connectivity index is 2.17. The Morgan fingerprint density at radius 2 is 2.00 bits per heavy atom. The fourth-order valence-electron chi connectivity index (χ4n) is 1.53. The number of nitrogens with zero attached hydrogens (tertiary/aromatic N) is 1. The maximum absolute atomic E-state index is 5.64. The van der Waals surface area contributed by atoms with Crippen molar-refractivity contribution in [3.63, 3.8) is 0 Å². The first-order valence-electron chi connectivity index (χ1n) is 5.08. The molecule has 0 spiro atoms. The summed E-state index contributed by atoms with van der Waals surface area (Å²) >= 11 is 5.14. The van der Waals surface area contributed by atoms with Gasteiger partial charge in [0, 0.05) is 22.3 Å². The van der Waals surface area contributed by atoms with E-state index in [1.54, 1.807) is 11.3 Å². The van der Waals surface area contributed by atoms with E-state index in [9.17, 15) is 0 Å². The number of aryl methyl sites for hydroxylation is 1. The average molecular weight is 297 g/mol. The van der Waals surface area contributed by atoms with Crippen LogP contribution in [0.15, 0.2) is 28.7 Å². The molecule has 1 aromatic carbocycles. The molecule has 2 N–H and O–H groups in total. The summed E-state index contributed by atoms with van der Waals surface area (Å²) in [5, 5.41) is 1.14. The molecule has 0 saturated carbocycles. The summed E-state index contributed by atoms with van der Waals surface area (Å²) in [6.45, 7) is 2.60. The lowest BCUT2D eigenvalue weighted by Crippen LogP contribution is -1.94. The van der Waals surface area contributed by atoms with Crippen LogP contribution in [0.3, 0.4) is 0 Å². The Hall–Kier alpha value is -0.710. The number of halogens is 1. The van der Waals surface area contributed by atoms with E-state index in [0.29, 0.717) is 6.54 Å². The second kappa shape index (κ2) is 5.08. The van der Waals surface area contributed by atoms with Crippen LogP contribution in [-0.2, 0) is 13.0 Å². The van der Waals surface area contributed by atoms with Crippen molar-refractivity contribution in [1.82, 2.24) is 4.98 Å². The quantitative estimate of drug-likeness (QED) is 0.944. The standard InChI is InChI=1S/C12H13BrN2S/c1-8-11(7-14)16-12(15-8)6-9-2-4-10(13)5-3-9/h2-5H,6-7,14H2,1H3. The molecule has 2 aromatic rings. The maximum atomic E-state index is 5.64. The Kier molecular flexibility index (Phi) is 3.74. The second-order valence-electron chi connectivity index (χ2n) is 3.62. The monoisotopic (exact) mass is 296 g/mol. The molecule has 0 bridgehead atoms. The molecule has 0 fully saturated rings. The van der Waals surface area contributed by atoms with E-state index < -0.39 is 0 Å². The first kappa shape index (κ1) is 11.8. The molecule has 0 aliphatic heterocycles. The molecular formula is C12H13BrN2S. The van der Waals surface area contributed by atoms with Gasteiger partial charge in [-0.1, -0.05) is 28.1 Å². The largest absolute Gasteiger partial charge is 0.326 e. The Bertz CT molecular complexity index is 476. The topological polar surface area (TPSA) is 38.9 Å². The number of aromatic nitrogens is 1. The summed E-state index contributed by atoms with van der Waals surface area (Å²) in [5.41, 5.74) is 7.99. The molecule has 0 radical (unpaired) electrons. The van der Waals surface area contributed by atoms with Crippen LogP contribution >= 0.6 is 27.3 Å². The lowest BCUT2D eigenvalue weighted by atomic mass is 10.2. The molecule has 84 valence electrons. The third-order valence-electron chi connectivity index (χ3n) is 2.39. The van der Waals surface area contributed by atoms with E-state index in [2.05, 4.69) is 45.2 Å². The Morgan fingerprint density at radius 3 is 2.56 bits per heavy atom. The third kappa shape index (κ3) is 2.70. The van der Waals surface area contributed by atoms with Gasteiger partial charge in [-0.25, -0.2) is 4.98 Å². The van der Waals surface area contributed by atoms with Crippen LogP contribution in [0.5, 0.6) is 0 Å². The molecule has 0 aliphatic carbocycles. The van der Waals surface area contributed by atoms with Crippen molar-refractivity contribution in [2.45, 2.75) is 19.9 Å². The number of thiazole rings is 1. The molecular weight excluding hydrogens is 284 g/mol. The van der Waals surface area contributed by atoms with Gasteiger partial charge in [0.05, 0.1) is 10.7 Å². The van der Waals surface area contributed by atoms with Gasteiger partial charge in [-0.2, -0.15) is 0 Å². The normalized spacial score (nSPS) is 10.7. The van der Waals surface area contributed by atoms with Crippen LogP contribution < -0.4 is 5.73 Å². The first-order chi connectivity index (χ1) is 7.69. The Morgan fingerprint density at radius 1 is 1.31 bits per heavy atom. The van der Waals surface area contributed by atoms with Gasteiger partial charge < -0.3 is 5.73 Å². The average Bonchev–Trinajstić information content (AvgIpc) is 2.62. The summed E-state index contributed by atoms with van der Waals surface area (Å²) in [7, 11) is 0. The first-order valence-corrected chi connectivity index (χ1v) is 6.69. The van der Waals surface area contributed by atoms with Crippen molar-refractivity contribution in [1.29, 1.82) is 0 Å². The fourth-order valence-corrected chi connectivity index (χ4v) is 2.78. The number of benzene rings is 1. The third-order valence-corrected chi connectivity index (χ3v) is 4.10. The molecule has 0 amide bonds. The van der Waals surface area contributed by atoms with Gasteiger partial charge >= 0.3 is 0 Å². The summed E-state index contributed by atoms with van der Waals surface area (Å²) in [4.78, 5) is 5.71. The molecule has 0 saturated heterocycles. The number of nitrogens with two attached hydrogens (primary N) is 1. The molecule has 16 heavy (non-hydrogen) atoms. The highest BCUT2D eigenvalue weighted by atomic mass is 79.9. The molecule has 2 nitrogen and oxygen atoms in total. The van der Waals surface area contributed by atoms with Gasteiger partial charge in [0.2, 0.25) is 0 Å². The molecule has 4 heteroatoms. The van der Waals surface area contributed by atoms with Crippen LogP contribution in [0.4, 0.5) is 0 Å². The fraction of sp³-hybridized carbons (Fsp3) is 0.250. The van der Waals surface area contributed by atoms with Crippen molar-refractivity contribution in [3.8, 4) is 0 Å². The smallest absolute Gasteiger partial charge is 0.0975 e. The predicted octanol–water partition coefficient (Wildman–Crippen LogP) is 3.26. The second-order valence-corrected chi connectivity index (χ2v) is 5.71. The van der Waals surface area contributed by atoms with Gasteiger partial charge in [0.15, 0.2) is 0 Å². The van der Waals surface area contributed by atoms with Crippen LogP contribution in [0.1, 0.15) is 21.1 Å². The predicted molar refractivity (Wildman–Crippen MR) is 71.7 cm³/mol. The van der Waals surface area contributed by atoms with E-state index in [4.69, 9.17) is 5.73 Å². The highest BCUT2D eigenvalue weighted by Crippen LogP contribution is 2.21. The summed E-state index contributed by atoms with van der Waals surface area (Å²) in [5.74, 6) is 0. The zero-order chi connectivity index (χ0) is 11.5. The van der Waals surface area contributed by atoms with E-state index in [1.165, 1.54) is 10.4 Å². The maximum Gasteiger partial charge on any atom is 0.0975 e. The van der Waals surface area contributed by atoms with Crippen LogP contribution in [-0.4, -0.2) is 4.98 Å². The van der Waals surface area contributed by atoms with Gasteiger partial charge in [-0.3, -0.25) is 0 Å².